The van der Waals surface area contributed by atoms with Crippen LogP contribution in [0.15, 0.2) is 12.4 Å². The minimum atomic E-state index is -0.548. The lowest BCUT2D eigenvalue weighted by atomic mass is 9.88. The van der Waals surface area contributed by atoms with Crippen molar-refractivity contribution < 1.29 is 14.3 Å². The number of amides is 2. The Morgan fingerprint density at radius 2 is 1.88 bits per heavy atom. The molecule has 3 aliphatic rings. The molecule has 1 atom stereocenters. The molecule has 0 saturated carbocycles. The molecule has 2 saturated heterocycles. The summed E-state index contributed by atoms with van der Waals surface area (Å²) in [6.07, 6.45) is 6.79. The second-order valence-electron chi connectivity index (χ2n) is 7.04. The highest BCUT2D eigenvalue weighted by Gasteiger charge is 2.48. The van der Waals surface area contributed by atoms with Gasteiger partial charge in [-0.3, -0.25) is 9.59 Å². The van der Waals surface area contributed by atoms with Gasteiger partial charge in [0.1, 0.15) is 11.4 Å². The SMILES string of the molecule is CC(=O)N1CCC2(CC1)O[C@@H](C(=O)N1CCCC1)Cn1ccnc12. The predicted octanol–water partition coefficient (Wildman–Crippen LogP) is 0.742. The third-order valence-electron chi connectivity index (χ3n) is 5.56. The van der Waals surface area contributed by atoms with Crippen LogP contribution in [0.2, 0.25) is 0 Å². The van der Waals surface area contributed by atoms with Crippen molar-refractivity contribution in [2.24, 2.45) is 0 Å². The Morgan fingerprint density at radius 3 is 2.54 bits per heavy atom. The van der Waals surface area contributed by atoms with E-state index in [0.29, 0.717) is 32.5 Å². The average Bonchev–Trinajstić information content (AvgIpc) is 3.26. The first kappa shape index (κ1) is 15.6. The number of ether oxygens (including phenoxy) is 1. The van der Waals surface area contributed by atoms with E-state index in [2.05, 4.69) is 9.55 Å². The smallest absolute Gasteiger partial charge is 0.253 e. The van der Waals surface area contributed by atoms with Gasteiger partial charge in [-0.25, -0.2) is 4.98 Å². The minimum Gasteiger partial charge on any atom is -0.352 e. The molecule has 130 valence electrons. The zero-order chi connectivity index (χ0) is 16.7. The molecule has 0 radical (unpaired) electrons. The molecule has 1 spiro atoms. The van der Waals surface area contributed by atoms with Crippen molar-refractivity contribution in [1.82, 2.24) is 19.4 Å². The number of carbonyl (C=O) groups excluding carboxylic acids is 2. The largest absolute Gasteiger partial charge is 0.352 e. The molecule has 1 aromatic heterocycles. The number of nitrogens with zero attached hydrogens (tertiary/aromatic N) is 4. The molecule has 2 amide bonds. The Labute approximate surface area is 141 Å². The standard InChI is InChI=1S/C17H24N4O3/c1-13(22)19-9-4-17(5-10-19)16-18-6-11-21(16)12-14(24-17)15(23)20-7-2-3-8-20/h6,11,14H,2-5,7-10,12H2,1H3/t14-/m1/s1. The van der Waals surface area contributed by atoms with Crippen LogP contribution in [0.1, 0.15) is 38.4 Å². The zero-order valence-electron chi connectivity index (χ0n) is 14.1. The topological polar surface area (TPSA) is 67.7 Å². The Bertz CT molecular complexity index is 642. The molecule has 3 aliphatic heterocycles. The van der Waals surface area contributed by atoms with Gasteiger partial charge < -0.3 is 19.1 Å². The van der Waals surface area contributed by atoms with Gasteiger partial charge in [0, 0.05) is 58.3 Å². The lowest BCUT2D eigenvalue weighted by molar-refractivity contribution is -0.181. The highest BCUT2D eigenvalue weighted by molar-refractivity contribution is 5.81. The van der Waals surface area contributed by atoms with Gasteiger partial charge in [0.15, 0.2) is 6.10 Å². The summed E-state index contributed by atoms with van der Waals surface area (Å²) in [4.78, 5) is 32.7. The van der Waals surface area contributed by atoms with E-state index in [1.54, 1.807) is 13.1 Å². The minimum absolute atomic E-state index is 0.0914. The van der Waals surface area contributed by atoms with Crippen molar-refractivity contribution in [3.05, 3.63) is 18.2 Å². The van der Waals surface area contributed by atoms with Crippen LogP contribution in [-0.2, 0) is 26.5 Å². The van der Waals surface area contributed by atoms with Crippen LogP contribution in [0.3, 0.4) is 0 Å². The van der Waals surface area contributed by atoms with Gasteiger partial charge in [0.05, 0.1) is 6.54 Å². The Balaban J connectivity index is 1.58. The van der Waals surface area contributed by atoms with Crippen LogP contribution in [0.4, 0.5) is 0 Å². The predicted molar refractivity (Wildman–Crippen MR) is 86.1 cm³/mol. The van der Waals surface area contributed by atoms with Crippen LogP contribution in [0.5, 0.6) is 0 Å². The first-order valence-electron chi connectivity index (χ1n) is 8.83. The molecule has 0 aliphatic carbocycles. The summed E-state index contributed by atoms with van der Waals surface area (Å²) in [5, 5.41) is 0. The van der Waals surface area contributed by atoms with E-state index in [1.807, 2.05) is 16.0 Å². The third kappa shape index (κ3) is 2.51. The molecule has 0 N–H and O–H groups in total. The summed E-state index contributed by atoms with van der Waals surface area (Å²) in [5.74, 6) is 1.09. The van der Waals surface area contributed by atoms with Crippen molar-refractivity contribution in [1.29, 1.82) is 0 Å². The van der Waals surface area contributed by atoms with Crippen LogP contribution in [-0.4, -0.2) is 63.4 Å². The summed E-state index contributed by atoms with van der Waals surface area (Å²) < 4.78 is 8.45. The number of hydrogen-bond acceptors (Lipinski definition) is 4. The molecule has 4 heterocycles. The van der Waals surface area contributed by atoms with Crippen LogP contribution < -0.4 is 0 Å². The number of aromatic nitrogens is 2. The van der Waals surface area contributed by atoms with Gasteiger partial charge in [-0.2, -0.15) is 0 Å². The number of likely N-dealkylation sites (tertiary alicyclic amines) is 2. The average molecular weight is 332 g/mol. The summed E-state index contributed by atoms with van der Waals surface area (Å²) in [6, 6.07) is 0. The van der Waals surface area contributed by atoms with Crippen molar-refractivity contribution in [2.75, 3.05) is 26.2 Å². The maximum absolute atomic E-state index is 12.8. The Morgan fingerprint density at radius 1 is 1.17 bits per heavy atom. The fourth-order valence-corrected chi connectivity index (χ4v) is 4.19. The number of piperidine rings is 1. The molecule has 7 heteroatoms. The quantitative estimate of drug-likeness (QED) is 0.761. The number of carbonyl (C=O) groups is 2. The number of imidazole rings is 1. The summed E-state index contributed by atoms with van der Waals surface area (Å²) in [7, 11) is 0. The van der Waals surface area contributed by atoms with Gasteiger partial charge in [-0.15, -0.1) is 0 Å². The highest BCUT2D eigenvalue weighted by atomic mass is 16.5. The van der Waals surface area contributed by atoms with Gasteiger partial charge in [-0.05, 0) is 12.8 Å². The maximum Gasteiger partial charge on any atom is 0.253 e. The lowest BCUT2D eigenvalue weighted by Gasteiger charge is -2.45. The van der Waals surface area contributed by atoms with Gasteiger partial charge in [0.2, 0.25) is 5.91 Å². The lowest BCUT2D eigenvalue weighted by Crippen LogP contribution is -2.54. The van der Waals surface area contributed by atoms with E-state index in [4.69, 9.17) is 4.74 Å². The number of fused-ring (bicyclic) bond motifs is 2. The van der Waals surface area contributed by atoms with E-state index in [1.165, 1.54) is 0 Å². The second-order valence-corrected chi connectivity index (χ2v) is 7.04. The molecule has 0 bridgehead atoms. The first-order chi connectivity index (χ1) is 11.6. The van der Waals surface area contributed by atoms with E-state index < -0.39 is 11.7 Å². The van der Waals surface area contributed by atoms with Crippen molar-refractivity contribution in [3.8, 4) is 0 Å². The van der Waals surface area contributed by atoms with Crippen molar-refractivity contribution >= 4 is 11.8 Å². The number of rotatable bonds is 1. The highest BCUT2D eigenvalue weighted by Crippen LogP contribution is 2.40. The Hall–Kier alpha value is -1.89. The van der Waals surface area contributed by atoms with E-state index in [-0.39, 0.29) is 11.8 Å². The van der Waals surface area contributed by atoms with Crippen LogP contribution >= 0.6 is 0 Å². The molecule has 24 heavy (non-hydrogen) atoms. The maximum atomic E-state index is 12.8. The van der Waals surface area contributed by atoms with E-state index >= 15 is 0 Å². The molecule has 1 aromatic rings. The summed E-state index contributed by atoms with van der Waals surface area (Å²) in [6.45, 7) is 5.09. The van der Waals surface area contributed by atoms with Gasteiger partial charge in [-0.1, -0.05) is 0 Å². The van der Waals surface area contributed by atoms with E-state index in [0.717, 1.165) is 31.8 Å². The van der Waals surface area contributed by atoms with Crippen LogP contribution in [0.25, 0.3) is 0 Å². The molecule has 0 aromatic carbocycles. The normalized spacial score (nSPS) is 25.8. The molecule has 7 nitrogen and oxygen atoms in total. The fraction of sp³-hybridized carbons (Fsp3) is 0.706. The van der Waals surface area contributed by atoms with Gasteiger partial charge >= 0.3 is 0 Å². The molecular weight excluding hydrogens is 308 g/mol. The summed E-state index contributed by atoms with van der Waals surface area (Å²) in [5.41, 5.74) is -0.548. The molecule has 2 fully saturated rings. The fourth-order valence-electron chi connectivity index (χ4n) is 4.19. The first-order valence-corrected chi connectivity index (χ1v) is 8.83. The van der Waals surface area contributed by atoms with E-state index in [9.17, 15) is 9.59 Å². The van der Waals surface area contributed by atoms with Gasteiger partial charge in [0.25, 0.3) is 5.91 Å². The van der Waals surface area contributed by atoms with Crippen molar-refractivity contribution in [2.45, 2.75) is 50.9 Å². The van der Waals surface area contributed by atoms with Crippen molar-refractivity contribution in [3.63, 3.8) is 0 Å². The summed E-state index contributed by atoms with van der Waals surface area (Å²) >= 11 is 0. The monoisotopic (exact) mass is 332 g/mol. The third-order valence-corrected chi connectivity index (χ3v) is 5.56. The number of hydrogen-bond donors (Lipinski definition) is 0. The molecular formula is C17H24N4O3. The van der Waals surface area contributed by atoms with Crippen LogP contribution in [0, 0.1) is 0 Å². The molecule has 4 rings (SSSR count). The second kappa shape index (κ2) is 5.88. The molecule has 0 unspecified atom stereocenters. The zero-order valence-corrected chi connectivity index (χ0v) is 14.1. The Kier molecular flexibility index (Phi) is 3.83.